The molecular weight excluding hydrogens is 396 g/mol. The lowest BCUT2D eigenvalue weighted by Crippen LogP contribution is -2.31. The highest BCUT2D eigenvalue weighted by atomic mass is 16.2. The van der Waals surface area contributed by atoms with Gasteiger partial charge in [-0.2, -0.15) is 0 Å². The molecule has 0 heterocycles. The molecule has 0 aliphatic heterocycles. The maximum absolute atomic E-state index is 13.0. The number of para-hydroxylation sites is 1. The Morgan fingerprint density at radius 3 is 2.44 bits per heavy atom. The molecule has 0 fully saturated rings. The molecule has 2 amide bonds. The minimum Gasteiger partial charge on any atom is -0.308 e. The minimum atomic E-state index is -0.233. The minimum absolute atomic E-state index is 0.00715. The van der Waals surface area contributed by atoms with Crippen LogP contribution in [0.15, 0.2) is 72.8 Å². The molecule has 0 bridgehead atoms. The van der Waals surface area contributed by atoms with Crippen LogP contribution in [-0.2, 0) is 12.8 Å². The summed E-state index contributed by atoms with van der Waals surface area (Å²) in [4.78, 5) is 27.2. The summed E-state index contributed by atoms with van der Waals surface area (Å²) in [7, 11) is 1.73. The van der Waals surface area contributed by atoms with Crippen LogP contribution in [0, 0.1) is 5.92 Å². The Morgan fingerprint density at radius 2 is 1.75 bits per heavy atom. The highest BCUT2D eigenvalue weighted by Gasteiger charge is 2.30. The molecule has 1 aliphatic carbocycles. The van der Waals surface area contributed by atoms with Crippen LogP contribution in [0.4, 0.5) is 16.2 Å². The number of rotatable bonds is 6. The molecule has 1 unspecified atom stereocenters. The molecule has 0 saturated carbocycles. The van der Waals surface area contributed by atoms with E-state index in [0.29, 0.717) is 11.6 Å². The first-order valence-corrected chi connectivity index (χ1v) is 11.3. The molecule has 0 spiro atoms. The number of hydrogen-bond acceptors (Lipinski definition) is 2. The summed E-state index contributed by atoms with van der Waals surface area (Å²) in [5.41, 5.74) is 5.88. The van der Waals surface area contributed by atoms with Gasteiger partial charge in [-0.15, -0.1) is 0 Å². The first kappa shape index (κ1) is 21.8. The lowest BCUT2D eigenvalue weighted by molar-refractivity contribution is 0.0931. The second-order valence-electron chi connectivity index (χ2n) is 8.90. The first-order chi connectivity index (χ1) is 15.4. The summed E-state index contributed by atoms with van der Waals surface area (Å²) in [5.74, 6) is 0.719. The van der Waals surface area contributed by atoms with E-state index in [1.54, 1.807) is 11.9 Å². The second kappa shape index (κ2) is 9.39. The van der Waals surface area contributed by atoms with Crippen LogP contribution in [0.1, 0.15) is 53.2 Å². The molecule has 32 heavy (non-hydrogen) atoms. The van der Waals surface area contributed by atoms with E-state index in [2.05, 4.69) is 43.4 Å². The largest absolute Gasteiger partial charge is 0.326 e. The fourth-order valence-corrected chi connectivity index (χ4v) is 4.26. The predicted molar refractivity (Wildman–Crippen MR) is 131 cm³/mol. The number of fused-ring (bicyclic) bond motifs is 1. The molecule has 4 heteroatoms. The van der Waals surface area contributed by atoms with Gasteiger partial charge >= 0.3 is 6.03 Å². The van der Waals surface area contributed by atoms with Crippen LogP contribution in [0.25, 0.3) is 0 Å². The fourth-order valence-electron chi connectivity index (χ4n) is 4.26. The van der Waals surface area contributed by atoms with Crippen LogP contribution < -0.4 is 10.2 Å². The molecule has 0 radical (unpaired) electrons. The Kier molecular flexibility index (Phi) is 6.40. The van der Waals surface area contributed by atoms with E-state index in [1.807, 2.05) is 48.5 Å². The van der Waals surface area contributed by atoms with E-state index in [-0.39, 0.29) is 17.7 Å². The lowest BCUT2D eigenvalue weighted by atomic mass is 9.94. The summed E-state index contributed by atoms with van der Waals surface area (Å²) in [5, 5.41) is 2.91. The molecular formula is C28H30N2O2. The summed E-state index contributed by atoms with van der Waals surface area (Å²) >= 11 is 0. The fraction of sp³-hybridized carbons (Fsp3) is 0.286. The van der Waals surface area contributed by atoms with Crippen LogP contribution >= 0.6 is 0 Å². The van der Waals surface area contributed by atoms with Crippen molar-refractivity contribution in [3.63, 3.8) is 0 Å². The van der Waals surface area contributed by atoms with E-state index >= 15 is 0 Å². The summed E-state index contributed by atoms with van der Waals surface area (Å²) < 4.78 is 0. The third-order valence-corrected chi connectivity index (χ3v) is 6.34. The van der Waals surface area contributed by atoms with Crippen LogP contribution in [0.2, 0.25) is 0 Å². The summed E-state index contributed by atoms with van der Waals surface area (Å²) in [6, 6.07) is 23.7. The zero-order valence-electron chi connectivity index (χ0n) is 19.0. The van der Waals surface area contributed by atoms with Gasteiger partial charge in [0.2, 0.25) is 0 Å². The second-order valence-corrected chi connectivity index (χ2v) is 8.90. The number of nitrogens with one attached hydrogen (secondary N) is 1. The zero-order valence-corrected chi connectivity index (χ0v) is 19.0. The van der Waals surface area contributed by atoms with Crippen LogP contribution in [0.3, 0.4) is 0 Å². The SMILES string of the molecule is CC(C)c1ccc(CCC2Cc3ccc(NC(=O)N(C)c4ccccc4)cc3C2=O)cc1. The average Bonchev–Trinajstić information content (AvgIpc) is 3.13. The van der Waals surface area contributed by atoms with Crippen molar-refractivity contribution in [1.82, 2.24) is 0 Å². The maximum Gasteiger partial charge on any atom is 0.326 e. The molecule has 0 saturated heterocycles. The van der Waals surface area contributed by atoms with Crippen LogP contribution in [0.5, 0.6) is 0 Å². The third kappa shape index (κ3) is 4.75. The molecule has 1 aliphatic rings. The Morgan fingerprint density at radius 1 is 1.03 bits per heavy atom. The number of hydrogen-bond donors (Lipinski definition) is 1. The first-order valence-electron chi connectivity index (χ1n) is 11.3. The molecule has 164 valence electrons. The Hall–Kier alpha value is -3.40. The number of urea groups is 1. The van der Waals surface area contributed by atoms with Gasteiger partial charge in [-0.25, -0.2) is 4.79 Å². The zero-order chi connectivity index (χ0) is 22.7. The highest BCUT2D eigenvalue weighted by Crippen LogP contribution is 2.32. The molecule has 1 N–H and O–H groups in total. The number of ketones is 1. The number of carbonyl (C=O) groups is 2. The topological polar surface area (TPSA) is 49.4 Å². The Bertz CT molecular complexity index is 1100. The Labute approximate surface area is 190 Å². The van der Waals surface area contributed by atoms with Gasteiger partial charge in [0.25, 0.3) is 0 Å². The van der Waals surface area contributed by atoms with Crippen molar-refractivity contribution in [1.29, 1.82) is 0 Å². The monoisotopic (exact) mass is 426 g/mol. The molecule has 4 rings (SSSR count). The Balaban J connectivity index is 1.38. The van der Waals surface area contributed by atoms with E-state index in [1.165, 1.54) is 11.1 Å². The number of Topliss-reactive ketones (excluding diaryl/α,β-unsaturated/α-hetero) is 1. The van der Waals surface area contributed by atoms with Gasteiger partial charge < -0.3 is 5.32 Å². The number of anilines is 2. The molecule has 3 aromatic rings. The van der Waals surface area contributed by atoms with Gasteiger partial charge in [0.05, 0.1) is 0 Å². The average molecular weight is 427 g/mol. The van der Waals surface area contributed by atoms with Crippen molar-refractivity contribution in [2.45, 2.75) is 39.0 Å². The molecule has 1 atom stereocenters. The number of nitrogens with zero attached hydrogens (tertiary/aromatic N) is 1. The van der Waals surface area contributed by atoms with Gasteiger partial charge in [0.15, 0.2) is 5.78 Å². The maximum atomic E-state index is 13.0. The smallest absolute Gasteiger partial charge is 0.308 e. The van der Waals surface area contributed by atoms with E-state index in [4.69, 9.17) is 0 Å². The summed E-state index contributed by atoms with van der Waals surface area (Å²) in [6.45, 7) is 4.39. The number of amides is 2. The number of aryl methyl sites for hydroxylation is 1. The van der Waals surface area contributed by atoms with Crippen LogP contribution in [-0.4, -0.2) is 18.9 Å². The molecule has 4 nitrogen and oxygen atoms in total. The van der Waals surface area contributed by atoms with Crippen molar-refractivity contribution in [3.8, 4) is 0 Å². The molecule has 3 aromatic carbocycles. The number of carbonyl (C=O) groups excluding carboxylic acids is 2. The van der Waals surface area contributed by atoms with Gasteiger partial charge in [-0.3, -0.25) is 9.69 Å². The number of benzene rings is 3. The highest BCUT2D eigenvalue weighted by molar-refractivity contribution is 6.05. The summed E-state index contributed by atoms with van der Waals surface area (Å²) in [6.07, 6.45) is 2.51. The predicted octanol–water partition coefficient (Wildman–Crippen LogP) is 6.47. The van der Waals surface area contributed by atoms with Gasteiger partial charge in [-0.1, -0.05) is 62.4 Å². The lowest BCUT2D eigenvalue weighted by Gasteiger charge is -2.18. The normalized spacial score (nSPS) is 15.0. The van der Waals surface area contributed by atoms with Gasteiger partial charge in [-0.05, 0) is 66.1 Å². The van der Waals surface area contributed by atoms with Gasteiger partial charge in [0, 0.05) is 29.9 Å². The van der Waals surface area contributed by atoms with Crippen molar-refractivity contribution in [3.05, 3.63) is 95.1 Å². The third-order valence-electron chi connectivity index (χ3n) is 6.34. The van der Waals surface area contributed by atoms with Crippen molar-refractivity contribution < 1.29 is 9.59 Å². The van der Waals surface area contributed by atoms with Crippen molar-refractivity contribution in [2.24, 2.45) is 5.92 Å². The quantitative estimate of drug-likeness (QED) is 0.491. The molecule has 0 aromatic heterocycles. The van der Waals surface area contributed by atoms with E-state index in [9.17, 15) is 9.59 Å². The van der Waals surface area contributed by atoms with E-state index < -0.39 is 0 Å². The van der Waals surface area contributed by atoms with Crippen molar-refractivity contribution >= 4 is 23.2 Å². The van der Waals surface area contributed by atoms with E-state index in [0.717, 1.165) is 36.1 Å². The standard InChI is InChI=1S/C28H30N2O2/c1-19(2)21-12-9-20(10-13-21)11-14-23-17-22-15-16-24(18-26(22)27(23)31)29-28(32)30(3)25-7-5-4-6-8-25/h4-10,12-13,15-16,18-19,23H,11,14,17H2,1-3H3,(H,29,32). The van der Waals surface area contributed by atoms with Crippen molar-refractivity contribution in [2.75, 3.05) is 17.3 Å². The van der Waals surface area contributed by atoms with Gasteiger partial charge in [0.1, 0.15) is 0 Å².